The Labute approximate surface area is 135 Å². The Morgan fingerprint density at radius 1 is 1.52 bits per heavy atom. The zero-order valence-corrected chi connectivity index (χ0v) is 14.4. The molecule has 1 unspecified atom stereocenters. The summed E-state index contributed by atoms with van der Waals surface area (Å²) in [6, 6.07) is 5.30. The van der Waals surface area contributed by atoms with Crippen molar-refractivity contribution in [2.45, 2.75) is 37.5 Å². The Morgan fingerprint density at radius 2 is 2.19 bits per heavy atom. The summed E-state index contributed by atoms with van der Waals surface area (Å²) in [5.41, 5.74) is -0.831. The quantitative estimate of drug-likeness (QED) is 0.807. The van der Waals surface area contributed by atoms with Crippen LogP contribution in [0.25, 0.3) is 0 Å². The van der Waals surface area contributed by atoms with Crippen LogP contribution in [-0.4, -0.2) is 15.9 Å². The van der Waals surface area contributed by atoms with Crippen LogP contribution >= 0.6 is 15.9 Å². The molecule has 1 heterocycles. The van der Waals surface area contributed by atoms with Crippen molar-refractivity contribution in [3.8, 4) is 11.8 Å². The molecule has 2 rings (SSSR count). The summed E-state index contributed by atoms with van der Waals surface area (Å²) < 4.78 is 34.5. The minimum Gasteiger partial charge on any atom is -0.598 e. The molecule has 0 saturated carbocycles. The van der Waals surface area contributed by atoms with Crippen molar-refractivity contribution in [1.29, 1.82) is 5.26 Å². The van der Waals surface area contributed by atoms with Crippen LogP contribution in [0.4, 0.5) is 4.39 Å². The molecule has 1 aliphatic rings. The molecule has 0 fully saturated rings. The third-order valence-electron chi connectivity index (χ3n) is 3.25. The minimum atomic E-state index is -1.46. The van der Waals surface area contributed by atoms with Gasteiger partial charge in [-0.3, -0.25) is 0 Å². The smallest absolute Gasteiger partial charge is 0.181 e. The highest BCUT2D eigenvalue weighted by molar-refractivity contribution is 9.10. The maximum absolute atomic E-state index is 14.1. The van der Waals surface area contributed by atoms with Crippen molar-refractivity contribution >= 4 is 27.3 Å². The highest BCUT2D eigenvalue weighted by Gasteiger charge is 2.45. The van der Waals surface area contributed by atoms with E-state index >= 15 is 0 Å². The standard InChI is InChI=1S/C14H16BrFN2O2S/c1-13(2,3)21(19)18-14(8-17)6-7-20-12-9(14)4-5-10(15)11(12)16/h4-5,18H,6-7H2,1-3H3/t14-,21?/m1/s1. The number of nitrogens with one attached hydrogen (secondary N) is 1. The second-order valence-corrected chi connectivity index (χ2v) is 8.66. The van der Waals surface area contributed by atoms with Gasteiger partial charge >= 0.3 is 0 Å². The first-order valence-corrected chi connectivity index (χ1v) is 8.38. The summed E-state index contributed by atoms with van der Waals surface area (Å²) in [6.45, 7) is 5.61. The number of nitrogens with zero attached hydrogens (tertiary/aromatic N) is 1. The zero-order chi connectivity index (χ0) is 15.8. The molecule has 0 saturated heterocycles. The van der Waals surface area contributed by atoms with E-state index in [1.165, 1.54) is 6.07 Å². The van der Waals surface area contributed by atoms with Crippen LogP contribution in [0.15, 0.2) is 16.6 Å². The maximum Gasteiger partial charge on any atom is 0.181 e. The molecule has 1 aliphatic heterocycles. The second-order valence-electron chi connectivity index (χ2n) is 5.84. The summed E-state index contributed by atoms with van der Waals surface area (Å²) in [6.07, 6.45) is 0.305. The van der Waals surface area contributed by atoms with Gasteiger partial charge in [0, 0.05) is 23.3 Å². The van der Waals surface area contributed by atoms with Gasteiger partial charge in [-0.1, -0.05) is 6.07 Å². The molecule has 114 valence electrons. The summed E-state index contributed by atoms with van der Waals surface area (Å²) in [7, 11) is 0. The van der Waals surface area contributed by atoms with Crippen molar-refractivity contribution < 1.29 is 13.7 Å². The fourth-order valence-electron chi connectivity index (χ4n) is 2.01. The van der Waals surface area contributed by atoms with Crippen LogP contribution in [0, 0.1) is 17.1 Å². The fourth-order valence-corrected chi connectivity index (χ4v) is 3.20. The highest BCUT2D eigenvalue weighted by Crippen LogP contribution is 2.41. The normalized spacial score (nSPS) is 22.9. The Bertz CT molecular complexity index is 600. The number of rotatable bonds is 2. The van der Waals surface area contributed by atoms with Crippen molar-refractivity contribution in [2.75, 3.05) is 6.61 Å². The lowest BCUT2D eigenvalue weighted by atomic mass is 9.87. The predicted octanol–water partition coefficient (Wildman–Crippen LogP) is 3.14. The molecule has 1 N–H and O–H groups in total. The average molecular weight is 375 g/mol. The number of hydrogen-bond acceptors (Lipinski definition) is 4. The second kappa shape index (κ2) is 5.76. The lowest BCUT2D eigenvalue weighted by molar-refractivity contribution is 0.223. The Hall–Kier alpha value is -0.810. The van der Waals surface area contributed by atoms with E-state index in [1.807, 2.05) is 20.8 Å². The van der Waals surface area contributed by atoms with Crippen LogP contribution in [-0.2, 0) is 16.9 Å². The molecule has 0 amide bonds. The molecule has 0 aromatic heterocycles. The van der Waals surface area contributed by atoms with Crippen molar-refractivity contribution in [1.82, 2.24) is 4.72 Å². The van der Waals surface area contributed by atoms with Crippen LogP contribution in [0.3, 0.4) is 0 Å². The molecule has 0 bridgehead atoms. The first-order valence-electron chi connectivity index (χ1n) is 6.43. The van der Waals surface area contributed by atoms with Crippen LogP contribution in [0.5, 0.6) is 5.75 Å². The zero-order valence-electron chi connectivity index (χ0n) is 12.0. The summed E-state index contributed by atoms with van der Waals surface area (Å²) in [5, 5.41) is 9.63. The Balaban J connectivity index is 2.49. The summed E-state index contributed by atoms with van der Waals surface area (Å²) in [5.74, 6) is -0.509. The highest BCUT2D eigenvalue weighted by atomic mass is 79.9. The molecule has 1 aromatic rings. The van der Waals surface area contributed by atoms with E-state index in [9.17, 15) is 14.2 Å². The van der Waals surface area contributed by atoms with E-state index in [-0.39, 0.29) is 16.8 Å². The SMILES string of the molecule is CC(C)(C)[S+]([O-])N[C@@]1(C#N)CCOc2c1ccc(Br)c2F. The van der Waals surface area contributed by atoms with E-state index in [2.05, 4.69) is 26.7 Å². The molecule has 21 heavy (non-hydrogen) atoms. The molecule has 2 atom stereocenters. The molecule has 7 heteroatoms. The monoisotopic (exact) mass is 374 g/mol. The van der Waals surface area contributed by atoms with Gasteiger partial charge in [-0.25, -0.2) is 4.39 Å². The molecular formula is C14H16BrFN2O2S. The summed E-state index contributed by atoms with van der Waals surface area (Å²) in [4.78, 5) is 0. The lowest BCUT2D eigenvalue weighted by Gasteiger charge is -2.36. The predicted molar refractivity (Wildman–Crippen MR) is 82.5 cm³/mol. The van der Waals surface area contributed by atoms with E-state index in [0.717, 1.165) is 0 Å². The number of halogens is 2. The third kappa shape index (κ3) is 3.04. The topological polar surface area (TPSA) is 68.1 Å². The molecule has 0 radical (unpaired) electrons. The van der Waals surface area contributed by atoms with Gasteiger partial charge in [0.15, 0.2) is 17.1 Å². The molecule has 1 aromatic carbocycles. The fraction of sp³-hybridized carbons (Fsp3) is 0.500. The molecular weight excluding hydrogens is 359 g/mol. The van der Waals surface area contributed by atoms with Gasteiger partial charge in [-0.2, -0.15) is 5.26 Å². The number of ether oxygens (including phenoxy) is 1. The number of nitriles is 1. The van der Waals surface area contributed by atoms with Crippen molar-refractivity contribution in [3.05, 3.63) is 28.0 Å². The van der Waals surface area contributed by atoms with Gasteiger partial charge in [0.2, 0.25) is 0 Å². The van der Waals surface area contributed by atoms with Gasteiger partial charge in [0.05, 0.1) is 17.1 Å². The first kappa shape index (κ1) is 16.6. The lowest BCUT2D eigenvalue weighted by Crippen LogP contribution is -2.52. The molecule has 0 aliphatic carbocycles. The Kier molecular flexibility index (Phi) is 4.54. The first-order chi connectivity index (χ1) is 9.71. The van der Waals surface area contributed by atoms with Gasteiger partial charge in [0.25, 0.3) is 0 Å². The molecule has 4 nitrogen and oxygen atoms in total. The van der Waals surface area contributed by atoms with E-state index in [4.69, 9.17) is 4.74 Å². The van der Waals surface area contributed by atoms with Crippen molar-refractivity contribution in [2.24, 2.45) is 0 Å². The number of hydrogen-bond donors (Lipinski definition) is 1. The largest absolute Gasteiger partial charge is 0.598 e. The van der Waals surface area contributed by atoms with Gasteiger partial charge in [-0.05, 0) is 42.8 Å². The van der Waals surface area contributed by atoms with Crippen LogP contribution in [0.1, 0.15) is 32.8 Å². The van der Waals surface area contributed by atoms with Crippen LogP contribution in [0.2, 0.25) is 0 Å². The van der Waals surface area contributed by atoms with Crippen LogP contribution < -0.4 is 9.46 Å². The van der Waals surface area contributed by atoms with E-state index < -0.39 is 27.5 Å². The maximum atomic E-state index is 14.1. The third-order valence-corrected chi connectivity index (χ3v) is 5.51. The van der Waals surface area contributed by atoms with Gasteiger partial charge < -0.3 is 9.29 Å². The molecule has 0 spiro atoms. The van der Waals surface area contributed by atoms with E-state index in [0.29, 0.717) is 12.0 Å². The van der Waals surface area contributed by atoms with Crippen molar-refractivity contribution in [3.63, 3.8) is 0 Å². The average Bonchev–Trinajstić information content (AvgIpc) is 2.42. The van der Waals surface area contributed by atoms with E-state index in [1.54, 1.807) is 6.07 Å². The number of fused-ring (bicyclic) bond motifs is 1. The van der Waals surface area contributed by atoms with Gasteiger partial charge in [-0.15, -0.1) is 4.72 Å². The minimum absolute atomic E-state index is 0.0376. The summed E-state index contributed by atoms with van der Waals surface area (Å²) >= 11 is 1.64. The van der Waals surface area contributed by atoms with Gasteiger partial charge in [0.1, 0.15) is 4.75 Å². The Morgan fingerprint density at radius 3 is 2.76 bits per heavy atom. The number of benzene rings is 1.